The molecule has 1 amide bonds. The van der Waals surface area contributed by atoms with Gasteiger partial charge in [0.15, 0.2) is 5.78 Å². The van der Waals surface area contributed by atoms with Crippen LogP contribution in [-0.2, 0) is 6.42 Å². The Balaban J connectivity index is 2.12. The van der Waals surface area contributed by atoms with Gasteiger partial charge in [0.25, 0.3) is 0 Å². The number of aryl methyl sites for hydroxylation is 1. The first-order valence-electron chi connectivity index (χ1n) is 10.2. The van der Waals surface area contributed by atoms with Gasteiger partial charge in [0.2, 0.25) is 0 Å². The summed E-state index contributed by atoms with van der Waals surface area (Å²) in [5, 5.41) is 21.0. The lowest BCUT2D eigenvalue weighted by Crippen LogP contribution is -2.16. The van der Waals surface area contributed by atoms with Gasteiger partial charge < -0.3 is 14.6 Å². The number of ketones is 1. The molecule has 170 valence electrons. The minimum atomic E-state index is -1.15. The molecule has 3 N–H and O–H groups in total. The topological polar surface area (TPSA) is 117 Å². The summed E-state index contributed by atoms with van der Waals surface area (Å²) in [7, 11) is 0. The van der Waals surface area contributed by atoms with Crippen molar-refractivity contribution in [3.63, 3.8) is 0 Å². The standard InChI is InChI=1S/C24H27NO6S/c1-4-5-9-17-10-11-18(32-17)13-16(3)22(27)21-19(26)14-20(31-23(21)28)15(2)8-6-7-12-25-24(29)30/h4,7,10-15,25-26H,1,5-6,8-9H2,2-3H3,(H,29,30)/b12-7?,16-13+. The fourth-order valence-electron chi connectivity index (χ4n) is 2.98. The first-order valence-corrected chi connectivity index (χ1v) is 11.0. The zero-order valence-corrected chi connectivity index (χ0v) is 18.9. The molecule has 2 heterocycles. The lowest BCUT2D eigenvalue weighted by atomic mass is 10.00. The van der Waals surface area contributed by atoms with Crippen molar-refractivity contribution in [3.05, 3.63) is 80.2 Å². The average molecular weight is 458 g/mol. The molecule has 0 aliphatic rings. The van der Waals surface area contributed by atoms with Gasteiger partial charge >= 0.3 is 11.7 Å². The average Bonchev–Trinajstić information content (AvgIpc) is 3.18. The van der Waals surface area contributed by atoms with Gasteiger partial charge in [-0.05, 0) is 56.4 Å². The third-order valence-electron chi connectivity index (χ3n) is 4.75. The molecule has 2 rings (SSSR count). The molecular formula is C24H27NO6S. The maximum Gasteiger partial charge on any atom is 0.408 e. The molecule has 0 saturated carbocycles. The normalized spacial score (nSPS) is 12.6. The lowest BCUT2D eigenvalue weighted by Gasteiger charge is -2.11. The summed E-state index contributed by atoms with van der Waals surface area (Å²) in [6, 6.07) is 5.20. The first kappa shape index (κ1) is 24.9. The number of hydrogen-bond acceptors (Lipinski definition) is 6. The Labute approximate surface area is 190 Å². The van der Waals surface area contributed by atoms with Gasteiger partial charge in [-0.1, -0.05) is 19.1 Å². The Morgan fingerprint density at radius 1 is 1.31 bits per heavy atom. The van der Waals surface area contributed by atoms with Gasteiger partial charge in [-0.3, -0.25) is 10.1 Å². The monoisotopic (exact) mass is 457 g/mol. The molecule has 0 fully saturated rings. The van der Waals surface area contributed by atoms with Crippen LogP contribution in [0.4, 0.5) is 4.79 Å². The first-order chi connectivity index (χ1) is 15.2. The van der Waals surface area contributed by atoms with Crippen LogP contribution in [0, 0.1) is 0 Å². The smallest absolute Gasteiger partial charge is 0.408 e. The number of allylic oxidation sites excluding steroid dienone is 3. The van der Waals surface area contributed by atoms with Gasteiger partial charge in [-0.25, -0.2) is 9.59 Å². The second-order valence-electron chi connectivity index (χ2n) is 7.31. The van der Waals surface area contributed by atoms with E-state index in [2.05, 4.69) is 11.9 Å². The maximum absolute atomic E-state index is 12.8. The van der Waals surface area contributed by atoms with E-state index < -0.39 is 23.3 Å². The molecule has 0 saturated heterocycles. The summed E-state index contributed by atoms with van der Waals surface area (Å²) in [6.07, 6.45) is 8.19. The van der Waals surface area contributed by atoms with E-state index in [-0.39, 0.29) is 17.2 Å². The van der Waals surface area contributed by atoms with Crippen molar-refractivity contribution >= 4 is 29.3 Å². The van der Waals surface area contributed by atoms with E-state index in [1.54, 1.807) is 30.4 Å². The van der Waals surface area contributed by atoms with Crippen LogP contribution in [-0.4, -0.2) is 22.1 Å². The molecule has 0 aliphatic heterocycles. The number of aromatic hydroxyl groups is 1. The van der Waals surface area contributed by atoms with E-state index >= 15 is 0 Å². The van der Waals surface area contributed by atoms with Crippen molar-refractivity contribution in [1.29, 1.82) is 0 Å². The van der Waals surface area contributed by atoms with Crippen LogP contribution in [0.5, 0.6) is 5.75 Å². The van der Waals surface area contributed by atoms with Crippen LogP contribution >= 0.6 is 11.3 Å². The zero-order chi connectivity index (χ0) is 23.7. The molecule has 1 atom stereocenters. The predicted molar refractivity (Wildman–Crippen MR) is 125 cm³/mol. The van der Waals surface area contributed by atoms with Crippen molar-refractivity contribution in [2.45, 2.75) is 45.4 Å². The Bertz CT molecular complexity index is 1090. The number of carboxylic acid groups (broad SMARTS) is 1. The molecule has 0 bridgehead atoms. The fourth-order valence-corrected chi connectivity index (χ4v) is 4.01. The molecule has 0 radical (unpaired) electrons. The van der Waals surface area contributed by atoms with Crippen molar-refractivity contribution < 1.29 is 24.2 Å². The molecule has 7 nitrogen and oxygen atoms in total. The predicted octanol–water partition coefficient (Wildman–Crippen LogP) is 5.48. The van der Waals surface area contributed by atoms with Crippen molar-refractivity contribution in [3.8, 4) is 5.75 Å². The van der Waals surface area contributed by atoms with Crippen LogP contribution < -0.4 is 10.9 Å². The molecule has 2 aromatic rings. The van der Waals surface area contributed by atoms with E-state index in [1.165, 1.54) is 17.1 Å². The maximum atomic E-state index is 12.8. The summed E-state index contributed by atoms with van der Waals surface area (Å²) < 4.78 is 5.31. The van der Waals surface area contributed by atoms with Crippen LogP contribution in [0.25, 0.3) is 6.08 Å². The Morgan fingerprint density at radius 3 is 2.72 bits per heavy atom. The van der Waals surface area contributed by atoms with Crippen molar-refractivity contribution in [2.24, 2.45) is 0 Å². The van der Waals surface area contributed by atoms with Crippen molar-refractivity contribution in [2.75, 3.05) is 0 Å². The molecule has 8 heteroatoms. The molecule has 0 aliphatic carbocycles. The largest absolute Gasteiger partial charge is 0.507 e. The van der Waals surface area contributed by atoms with Gasteiger partial charge in [0, 0.05) is 27.9 Å². The van der Waals surface area contributed by atoms with E-state index in [0.29, 0.717) is 18.4 Å². The van der Waals surface area contributed by atoms with Crippen LogP contribution in [0.3, 0.4) is 0 Å². The van der Waals surface area contributed by atoms with E-state index in [1.807, 2.05) is 25.1 Å². The number of amides is 1. The van der Waals surface area contributed by atoms with Crippen LogP contribution in [0.15, 0.2) is 57.9 Å². The Kier molecular flexibility index (Phi) is 9.22. The SMILES string of the molecule is C=CCCc1ccc(/C=C(\C)C(=O)c2c(O)cc(C(C)CCC=CNC(=O)O)oc2=O)s1. The number of carbonyl (C=O) groups excluding carboxylic acids is 1. The van der Waals surface area contributed by atoms with Crippen LogP contribution in [0.1, 0.15) is 64.9 Å². The van der Waals surface area contributed by atoms with E-state index in [0.717, 1.165) is 17.7 Å². The summed E-state index contributed by atoms with van der Waals surface area (Å²) in [5.74, 6) is -0.958. The minimum absolute atomic E-state index is 0.219. The van der Waals surface area contributed by atoms with Crippen LogP contribution in [0.2, 0.25) is 0 Å². The number of rotatable bonds is 11. The highest BCUT2D eigenvalue weighted by molar-refractivity contribution is 7.12. The molecule has 2 aromatic heterocycles. The molecule has 32 heavy (non-hydrogen) atoms. The van der Waals surface area contributed by atoms with Gasteiger partial charge in [-0.15, -0.1) is 17.9 Å². The highest BCUT2D eigenvalue weighted by atomic mass is 32.1. The summed E-state index contributed by atoms with van der Waals surface area (Å²) in [4.78, 5) is 37.7. The molecule has 0 spiro atoms. The zero-order valence-electron chi connectivity index (χ0n) is 18.1. The third kappa shape index (κ3) is 7.09. The van der Waals surface area contributed by atoms with E-state index in [4.69, 9.17) is 9.52 Å². The number of nitrogens with one attached hydrogen (secondary N) is 1. The van der Waals surface area contributed by atoms with Gasteiger partial charge in [0.05, 0.1) is 0 Å². The highest BCUT2D eigenvalue weighted by Crippen LogP contribution is 2.27. The highest BCUT2D eigenvalue weighted by Gasteiger charge is 2.22. The Hall–Kier alpha value is -3.39. The lowest BCUT2D eigenvalue weighted by molar-refractivity contribution is 0.102. The van der Waals surface area contributed by atoms with Gasteiger partial charge in [0.1, 0.15) is 17.1 Å². The Morgan fingerprint density at radius 2 is 2.06 bits per heavy atom. The summed E-state index contributed by atoms with van der Waals surface area (Å²) in [5.41, 5.74) is -0.948. The number of carbonyl (C=O) groups is 2. The molecule has 0 aromatic carbocycles. The number of thiophene rings is 1. The number of Topliss-reactive ketones (excluding diaryl/α,β-unsaturated/α-hetero) is 1. The van der Waals surface area contributed by atoms with E-state index in [9.17, 15) is 19.5 Å². The summed E-state index contributed by atoms with van der Waals surface area (Å²) in [6.45, 7) is 7.11. The molecular weight excluding hydrogens is 430 g/mol. The third-order valence-corrected chi connectivity index (χ3v) is 5.84. The van der Waals surface area contributed by atoms with Gasteiger partial charge in [-0.2, -0.15) is 0 Å². The number of hydrogen-bond donors (Lipinski definition) is 3. The quantitative estimate of drug-likeness (QED) is 0.234. The van der Waals surface area contributed by atoms with Crippen molar-refractivity contribution in [1.82, 2.24) is 5.32 Å². The molecule has 1 unspecified atom stereocenters. The second kappa shape index (κ2) is 11.9. The second-order valence-corrected chi connectivity index (χ2v) is 8.51. The minimum Gasteiger partial charge on any atom is -0.507 e. The fraction of sp³-hybridized carbons (Fsp3) is 0.292. The summed E-state index contributed by atoms with van der Waals surface area (Å²) >= 11 is 1.56.